The lowest BCUT2D eigenvalue weighted by atomic mass is 9.92. The lowest BCUT2D eigenvalue weighted by Gasteiger charge is -2.31. The monoisotopic (exact) mass is 591 g/mol. The van der Waals surface area contributed by atoms with Gasteiger partial charge in [-0.2, -0.15) is 18.3 Å². The summed E-state index contributed by atoms with van der Waals surface area (Å²) >= 11 is 0. The Morgan fingerprint density at radius 2 is 1.52 bits per heavy atom. The maximum absolute atomic E-state index is 13.8. The maximum atomic E-state index is 13.8. The fourth-order valence-corrected chi connectivity index (χ4v) is 4.85. The van der Waals surface area contributed by atoms with E-state index in [1.165, 1.54) is 23.4 Å². The lowest BCUT2D eigenvalue weighted by Crippen LogP contribution is -2.58. The highest BCUT2D eigenvalue weighted by atomic mass is 19.4. The smallest absolute Gasteiger partial charge is 0.344 e. The maximum Gasteiger partial charge on any atom is 0.452 e. The number of amides is 3. The van der Waals surface area contributed by atoms with Crippen LogP contribution >= 0.6 is 0 Å². The van der Waals surface area contributed by atoms with Crippen LogP contribution < -0.4 is 10.6 Å². The van der Waals surface area contributed by atoms with Crippen molar-refractivity contribution in [3.8, 4) is 5.69 Å². The average Bonchev–Trinajstić information content (AvgIpc) is 3.57. The Kier molecular flexibility index (Phi) is 9.89. The Bertz CT molecular complexity index is 1300. The molecule has 42 heavy (non-hydrogen) atoms. The van der Waals surface area contributed by atoms with E-state index in [0.717, 1.165) is 0 Å². The number of aromatic nitrogens is 2. The fourth-order valence-electron chi connectivity index (χ4n) is 4.85. The van der Waals surface area contributed by atoms with Gasteiger partial charge in [-0.15, -0.1) is 0 Å². The third-order valence-corrected chi connectivity index (χ3v) is 7.30. The van der Waals surface area contributed by atoms with Crippen molar-refractivity contribution >= 4 is 23.5 Å². The number of carbonyl (C=O) groups excluding carboxylic acids is 4. The summed E-state index contributed by atoms with van der Waals surface area (Å²) < 4.78 is 40.9. The van der Waals surface area contributed by atoms with Gasteiger partial charge in [-0.25, -0.2) is 4.68 Å². The summed E-state index contributed by atoms with van der Waals surface area (Å²) in [5.74, 6) is -5.13. The van der Waals surface area contributed by atoms with Crippen LogP contribution in [-0.2, 0) is 19.8 Å². The largest absolute Gasteiger partial charge is 0.452 e. The van der Waals surface area contributed by atoms with E-state index < -0.39 is 53.7 Å². The molecular weight excluding hydrogens is 551 g/mol. The molecule has 2 N–H and O–H groups in total. The molecule has 2 aromatic rings. The van der Waals surface area contributed by atoms with Gasteiger partial charge in [0.15, 0.2) is 0 Å². The molecule has 3 atom stereocenters. The summed E-state index contributed by atoms with van der Waals surface area (Å²) in [7, 11) is 0. The minimum atomic E-state index is -5.11. The molecule has 1 fully saturated rings. The first-order valence-electron chi connectivity index (χ1n) is 14.1. The van der Waals surface area contributed by atoms with Crippen molar-refractivity contribution in [2.75, 3.05) is 6.54 Å². The molecule has 1 aliphatic heterocycles. The molecule has 0 unspecified atom stereocenters. The number of alkyl halides is 3. The van der Waals surface area contributed by atoms with Crippen molar-refractivity contribution in [1.82, 2.24) is 25.3 Å². The molecular formula is C30H40F3N5O4. The minimum absolute atomic E-state index is 0.186. The van der Waals surface area contributed by atoms with E-state index in [4.69, 9.17) is 0 Å². The van der Waals surface area contributed by atoms with E-state index >= 15 is 0 Å². The summed E-state index contributed by atoms with van der Waals surface area (Å²) in [5, 5.41) is 9.70. The van der Waals surface area contributed by atoms with Gasteiger partial charge in [0.05, 0.1) is 17.4 Å². The minimum Gasteiger partial charge on any atom is -0.344 e. The molecule has 0 bridgehead atoms. The number of hydrogen-bond acceptors (Lipinski definition) is 5. The van der Waals surface area contributed by atoms with Gasteiger partial charge in [-0.1, -0.05) is 66.7 Å². The summed E-state index contributed by atoms with van der Waals surface area (Å²) in [6.07, 6.45) is -4.45. The molecule has 1 aromatic heterocycles. The number of nitrogens with one attached hydrogen (secondary N) is 2. The molecule has 2 heterocycles. The number of ketones is 1. The molecule has 0 spiro atoms. The summed E-state index contributed by atoms with van der Waals surface area (Å²) in [6, 6.07) is 6.91. The number of hydrogen-bond donors (Lipinski definition) is 2. The van der Waals surface area contributed by atoms with Crippen LogP contribution in [0.3, 0.4) is 0 Å². The third-order valence-electron chi connectivity index (χ3n) is 7.30. The second-order valence-electron chi connectivity index (χ2n) is 12.4. The van der Waals surface area contributed by atoms with Gasteiger partial charge in [0.2, 0.25) is 11.8 Å². The number of para-hydroxylation sites is 1. The lowest BCUT2D eigenvalue weighted by molar-refractivity contribution is -0.175. The van der Waals surface area contributed by atoms with E-state index in [1.807, 2.05) is 51.1 Å². The summed E-state index contributed by atoms with van der Waals surface area (Å²) in [6.45, 7) is 12.4. The normalized spacial score (nSPS) is 17.3. The number of nitrogens with zero attached hydrogens (tertiary/aromatic N) is 3. The first-order valence-corrected chi connectivity index (χ1v) is 14.1. The Labute approximate surface area is 244 Å². The second-order valence-corrected chi connectivity index (χ2v) is 12.4. The van der Waals surface area contributed by atoms with Crippen LogP contribution in [0.2, 0.25) is 0 Å². The molecule has 1 aliphatic rings. The van der Waals surface area contributed by atoms with Crippen LogP contribution in [0.5, 0.6) is 0 Å². The molecule has 3 amide bonds. The van der Waals surface area contributed by atoms with Crippen LogP contribution in [0.1, 0.15) is 77.5 Å². The fraction of sp³-hybridized carbons (Fsp3) is 0.567. The van der Waals surface area contributed by atoms with Gasteiger partial charge in [0.25, 0.3) is 11.7 Å². The zero-order valence-electron chi connectivity index (χ0n) is 25.1. The van der Waals surface area contributed by atoms with Crippen molar-refractivity contribution in [2.45, 2.75) is 91.0 Å². The number of rotatable bonds is 9. The Morgan fingerprint density at radius 1 is 0.929 bits per heavy atom. The molecule has 1 aromatic carbocycles. The highest BCUT2D eigenvalue weighted by Crippen LogP contribution is 2.26. The Balaban J connectivity index is 1.86. The van der Waals surface area contributed by atoms with E-state index in [1.54, 1.807) is 19.9 Å². The van der Waals surface area contributed by atoms with E-state index in [0.29, 0.717) is 17.8 Å². The zero-order valence-corrected chi connectivity index (χ0v) is 25.1. The van der Waals surface area contributed by atoms with E-state index in [9.17, 15) is 32.3 Å². The van der Waals surface area contributed by atoms with Crippen molar-refractivity contribution in [1.29, 1.82) is 0 Å². The van der Waals surface area contributed by atoms with Gasteiger partial charge >= 0.3 is 6.18 Å². The van der Waals surface area contributed by atoms with Crippen molar-refractivity contribution < 1.29 is 32.3 Å². The van der Waals surface area contributed by atoms with Crippen LogP contribution in [0, 0.1) is 11.8 Å². The van der Waals surface area contributed by atoms with Crippen molar-refractivity contribution in [2.24, 2.45) is 11.8 Å². The Hall–Kier alpha value is -3.70. The summed E-state index contributed by atoms with van der Waals surface area (Å²) in [4.78, 5) is 53.8. The van der Waals surface area contributed by atoms with Gasteiger partial charge < -0.3 is 15.5 Å². The van der Waals surface area contributed by atoms with Gasteiger partial charge in [-0.3, -0.25) is 19.2 Å². The highest BCUT2D eigenvalue weighted by Gasteiger charge is 2.46. The number of halogens is 3. The number of benzene rings is 1. The second kappa shape index (κ2) is 12.7. The topological polar surface area (TPSA) is 113 Å². The van der Waals surface area contributed by atoms with E-state index in [-0.39, 0.29) is 30.0 Å². The molecule has 9 nitrogen and oxygen atoms in total. The van der Waals surface area contributed by atoms with Gasteiger partial charge in [0.1, 0.15) is 17.8 Å². The average molecular weight is 592 g/mol. The Morgan fingerprint density at radius 3 is 2.05 bits per heavy atom. The van der Waals surface area contributed by atoms with Crippen LogP contribution in [-0.4, -0.2) is 69.0 Å². The molecule has 230 valence electrons. The number of carbonyl (C=O) groups is 4. The van der Waals surface area contributed by atoms with Crippen molar-refractivity contribution in [3.63, 3.8) is 0 Å². The molecule has 3 rings (SSSR count). The van der Waals surface area contributed by atoms with Gasteiger partial charge in [-0.05, 0) is 42.9 Å². The zero-order chi connectivity index (χ0) is 31.6. The number of likely N-dealkylation sites (tertiary alicyclic amines) is 1. The van der Waals surface area contributed by atoms with Crippen LogP contribution in [0.15, 0.2) is 36.4 Å². The standard InChI is InChI=1S/C30H40F3N5O4/c1-17(2)23(25(39)30(31,32)33)34-26(40)20-14-11-15-37(20)28(42)24(18(3)4)35-27(41)21-16-22(29(5,6)7)36-38(21)19-12-9-8-10-13-19/h8-10,12-13,16-18,20,23-24H,11,14-15H2,1-7H3,(H,34,40)(H,35,41)/t20-,23-,24-/m0/s1. The molecule has 0 saturated carbocycles. The summed E-state index contributed by atoms with van der Waals surface area (Å²) in [5.41, 5.74) is 1.20. The predicted octanol–water partition coefficient (Wildman–Crippen LogP) is 4.19. The van der Waals surface area contributed by atoms with E-state index in [2.05, 4.69) is 15.7 Å². The highest BCUT2D eigenvalue weighted by molar-refractivity contribution is 5.99. The molecule has 12 heteroatoms. The van der Waals surface area contributed by atoms with Crippen LogP contribution in [0.4, 0.5) is 13.2 Å². The van der Waals surface area contributed by atoms with Crippen molar-refractivity contribution in [3.05, 3.63) is 47.8 Å². The number of Topliss-reactive ketones (excluding diaryl/α,β-unsaturated/α-hetero) is 1. The third kappa shape index (κ3) is 7.38. The van der Waals surface area contributed by atoms with Crippen LogP contribution in [0.25, 0.3) is 5.69 Å². The predicted molar refractivity (Wildman–Crippen MR) is 151 cm³/mol. The molecule has 1 saturated heterocycles. The first kappa shape index (κ1) is 32.8. The quantitative estimate of drug-likeness (QED) is 0.454. The van der Waals surface area contributed by atoms with Gasteiger partial charge in [0, 0.05) is 12.0 Å². The molecule has 0 radical (unpaired) electrons. The SMILES string of the molecule is CC(C)[C@H](NC(=O)c1cc(C(C)(C)C)nn1-c1ccccc1)C(=O)N1CCC[C@H]1C(=O)N[C@H](C(=O)C(F)(F)F)C(C)C. The molecule has 0 aliphatic carbocycles. The first-order chi connectivity index (χ1) is 19.4.